The van der Waals surface area contributed by atoms with E-state index in [9.17, 15) is 16.0 Å². The highest BCUT2D eigenvalue weighted by atomic mass is 127. The van der Waals surface area contributed by atoms with Crippen LogP contribution in [0.4, 0.5) is 4.79 Å². The van der Waals surface area contributed by atoms with Gasteiger partial charge in [-0.2, -0.15) is 0 Å². The molecule has 0 bridgehead atoms. The van der Waals surface area contributed by atoms with Gasteiger partial charge >= 0.3 is 29.6 Å². The molecule has 0 saturated heterocycles. The third-order valence-corrected chi connectivity index (χ3v) is 2.95. The Balaban J connectivity index is 3.36. The number of nitrogens with zero attached hydrogens (tertiary/aromatic N) is 1. The molecule has 0 fully saturated rings. The van der Waals surface area contributed by atoms with Crippen LogP contribution in [0.2, 0.25) is 0 Å². The van der Waals surface area contributed by atoms with Crippen LogP contribution in [0.1, 0.15) is 0 Å². The lowest BCUT2D eigenvalue weighted by Gasteiger charge is -1.94. The van der Waals surface area contributed by atoms with Crippen LogP contribution in [0.15, 0.2) is 24.4 Å². The summed E-state index contributed by atoms with van der Waals surface area (Å²) in [6.07, 6.45) is -0.412. The van der Waals surface area contributed by atoms with Crippen molar-refractivity contribution in [2.24, 2.45) is 0 Å². The molecular formula is C6H4INO4. The Morgan fingerprint density at radius 3 is 2.50 bits per heavy atom. The Morgan fingerprint density at radius 2 is 2.08 bits per heavy atom. The van der Waals surface area contributed by atoms with Gasteiger partial charge < -0.3 is 9.90 Å². The number of rotatable bonds is 1. The number of carboxylic acid groups (broad SMARTS) is 1. The molecule has 0 aliphatic carbocycles. The van der Waals surface area contributed by atoms with E-state index in [0.717, 1.165) is 6.20 Å². The van der Waals surface area contributed by atoms with Crippen LogP contribution in [0.3, 0.4) is 0 Å². The zero-order chi connectivity index (χ0) is 9.14. The normalized spacial score (nSPS) is 10.1. The fourth-order valence-electron chi connectivity index (χ4n) is 0.696. The van der Waals surface area contributed by atoms with E-state index in [-0.39, 0.29) is 3.70 Å². The van der Waals surface area contributed by atoms with E-state index in [1.165, 1.54) is 18.2 Å². The van der Waals surface area contributed by atoms with Crippen LogP contribution in [0.25, 0.3) is 0 Å². The first-order valence-electron chi connectivity index (χ1n) is 2.90. The highest BCUT2D eigenvalue weighted by Gasteiger charge is 2.15. The second kappa shape index (κ2) is 3.57. The minimum Gasteiger partial charge on any atom is -0.490 e. The molecule has 0 radical (unpaired) electrons. The minimum absolute atomic E-state index is 0.207. The second-order valence-electron chi connectivity index (χ2n) is 1.88. The van der Waals surface area contributed by atoms with E-state index in [0.29, 0.717) is 4.57 Å². The number of hydrogen-bond donors (Lipinski definition) is 0. The number of hydrogen-bond acceptors (Lipinski definition) is 4. The van der Waals surface area contributed by atoms with Gasteiger partial charge in [0.25, 0.3) is 0 Å². The SMILES string of the molecule is O=C([O-])[n+]1ccccc1I(=O)=O. The standard InChI is InChI=1S/C6H4INO4/c9-6(10)8-4-2-1-3-5(8)7(11)12/h1-4H. The molecule has 0 amide bonds. The van der Waals surface area contributed by atoms with E-state index in [1.807, 2.05) is 0 Å². The highest BCUT2D eigenvalue weighted by molar-refractivity contribution is 14.2. The van der Waals surface area contributed by atoms with Crippen molar-refractivity contribution in [3.05, 3.63) is 28.1 Å². The maximum absolute atomic E-state index is 10.5. The van der Waals surface area contributed by atoms with Gasteiger partial charge in [-0.25, -0.2) is 6.14 Å². The largest absolute Gasteiger partial charge is 0.490 e. The maximum Gasteiger partial charge on any atom is 0.408 e. The molecule has 0 spiro atoms. The molecule has 0 unspecified atom stereocenters. The molecule has 5 nitrogen and oxygen atoms in total. The van der Waals surface area contributed by atoms with Crippen LogP contribution >= 0.6 is 19.8 Å². The Morgan fingerprint density at radius 1 is 1.42 bits per heavy atom. The molecule has 0 atom stereocenters. The van der Waals surface area contributed by atoms with Crippen molar-refractivity contribution in [3.63, 3.8) is 0 Å². The van der Waals surface area contributed by atoms with Crippen molar-refractivity contribution in [1.29, 1.82) is 0 Å². The van der Waals surface area contributed by atoms with Gasteiger partial charge in [0, 0.05) is 12.1 Å². The number of carbonyl (C=O) groups excluding carboxylic acids is 1. The maximum atomic E-state index is 10.5. The number of halogens is 1. The summed E-state index contributed by atoms with van der Waals surface area (Å²) in [6, 6.07) is 4.09. The van der Waals surface area contributed by atoms with Crippen molar-refractivity contribution in [2.75, 3.05) is 0 Å². The fourth-order valence-corrected chi connectivity index (χ4v) is 1.98. The molecule has 0 saturated carbocycles. The first-order valence-corrected chi connectivity index (χ1v) is 5.74. The van der Waals surface area contributed by atoms with Crippen molar-refractivity contribution < 1.29 is 20.6 Å². The topological polar surface area (TPSA) is 78.2 Å². The Labute approximate surface area is 74.8 Å². The fraction of sp³-hybridized carbons (Fsp3) is 0. The minimum atomic E-state index is -3.74. The van der Waals surface area contributed by atoms with E-state index in [4.69, 9.17) is 0 Å². The molecule has 0 aliphatic heterocycles. The molecule has 0 aromatic carbocycles. The molecule has 12 heavy (non-hydrogen) atoms. The van der Waals surface area contributed by atoms with Crippen molar-refractivity contribution >= 4 is 25.9 Å². The summed E-state index contributed by atoms with van der Waals surface area (Å²) in [4.78, 5) is 10.3. The highest BCUT2D eigenvalue weighted by Crippen LogP contribution is 2.10. The van der Waals surface area contributed by atoms with Crippen LogP contribution < -0.4 is 9.67 Å². The predicted molar refractivity (Wildman–Crippen MR) is 41.5 cm³/mol. The van der Waals surface area contributed by atoms with Gasteiger partial charge in [0.15, 0.2) is 6.20 Å². The zero-order valence-corrected chi connectivity index (χ0v) is 7.93. The monoisotopic (exact) mass is 281 g/mol. The van der Waals surface area contributed by atoms with E-state index in [1.54, 1.807) is 0 Å². The van der Waals surface area contributed by atoms with E-state index < -0.39 is 25.9 Å². The average Bonchev–Trinajstić information content (AvgIpc) is 2.04. The number of carbonyl (C=O) groups is 1. The van der Waals surface area contributed by atoms with Gasteiger partial charge in [0.05, 0.1) is 0 Å². The number of aromatic nitrogens is 1. The van der Waals surface area contributed by atoms with Crippen LogP contribution in [-0.2, 0) is 6.14 Å². The lowest BCUT2D eigenvalue weighted by molar-refractivity contribution is -0.642. The van der Waals surface area contributed by atoms with Crippen molar-refractivity contribution in [1.82, 2.24) is 0 Å². The molecule has 64 valence electrons. The van der Waals surface area contributed by atoms with Crippen LogP contribution in [0, 0.1) is 3.70 Å². The zero-order valence-electron chi connectivity index (χ0n) is 5.77. The molecule has 0 N–H and O–H groups in total. The first kappa shape index (κ1) is 9.04. The summed E-state index contributed by atoms with van der Waals surface area (Å²) < 4.78 is 21.5. The van der Waals surface area contributed by atoms with Crippen LogP contribution in [0.5, 0.6) is 0 Å². The number of pyridine rings is 1. The lowest BCUT2D eigenvalue weighted by Crippen LogP contribution is -2.54. The summed E-state index contributed by atoms with van der Waals surface area (Å²) in [5.74, 6) is 0. The van der Waals surface area contributed by atoms with Crippen LogP contribution in [-0.4, -0.2) is 6.09 Å². The van der Waals surface area contributed by atoms with Gasteiger partial charge in [-0.15, -0.1) is 4.57 Å². The third-order valence-electron chi connectivity index (χ3n) is 1.16. The smallest absolute Gasteiger partial charge is 0.408 e. The Kier molecular flexibility index (Phi) is 2.69. The van der Waals surface area contributed by atoms with Gasteiger partial charge in [-0.1, -0.05) is 0 Å². The second-order valence-corrected chi connectivity index (χ2v) is 4.22. The summed E-state index contributed by atoms with van der Waals surface area (Å²) in [5, 5.41) is 10.3. The summed E-state index contributed by atoms with van der Waals surface area (Å²) in [7, 11) is 0. The summed E-state index contributed by atoms with van der Waals surface area (Å²) in [5.41, 5.74) is 0. The molecule has 6 heteroatoms. The quantitative estimate of drug-likeness (QED) is 0.396. The average molecular weight is 281 g/mol. The molecule has 1 heterocycles. The molecule has 1 aromatic heterocycles. The van der Waals surface area contributed by atoms with Gasteiger partial charge in [-0.3, -0.25) is 0 Å². The van der Waals surface area contributed by atoms with E-state index in [2.05, 4.69) is 0 Å². The summed E-state index contributed by atoms with van der Waals surface area (Å²) in [6.45, 7) is 0. The van der Waals surface area contributed by atoms with Crippen molar-refractivity contribution in [2.45, 2.75) is 0 Å². The Bertz CT molecular complexity index is 377. The molecule has 0 aliphatic rings. The Hall–Kier alpha value is -1.05. The van der Waals surface area contributed by atoms with Crippen molar-refractivity contribution in [3.8, 4) is 0 Å². The van der Waals surface area contributed by atoms with E-state index >= 15 is 0 Å². The first-order chi connectivity index (χ1) is 5.63. The van der Waals surface area contributed by atoms with Gasteiger partial charge in [-0.05, 0) is 6.07 Å². The van der Waals surface area contributed by atoms with Gasteiger partial charge in [0.2, 0.25) is 0 Å². The molecule has 1 rings (SSSR count). The van der Waals surface area contributed by atoms with Gasteiger partial charge in [0.1, 0.15) is 0 Å². The lowest BCUT2D eigenvalue weighted by atomic mass is 10.5. The molecule has 1 aromatic rings. The molecular weight excluding hydrogens is 277 g/mol. The summed E-state index contributed by atoms with van der Waals surface area (Å²) >= 11 is -3.74. The third kappa shape index (κ3) is 1.76. The predicted octanol–water partition coefficient (Wildman–Crippen LogP) is -0.468.